The van der Waals surface area contributed by atoms with E-state index in [2.05, 4.69) is 0 Å². The van der Waals surface area contributed by atoms with E-state index in [0.29, 0.717) is 30.9 Å². The Balaban J connectivity index is 1.74. The summed E-state index contributed by atoms with van der Waals surface area (Å²) in [5, 5.41) is 11.1. The van der Waals surface area contributed by atoms with E-state index in [4.69, 9.17) is 9.15 Å². The lowest BCUT2D eigenvalue weighted by Gasteiger charge is -2.24. The molecule has 7 heteroatoms. The van der Waals surface area contributed by atoms with Crippen LogP contribution in [-0.4, -0.2) is 60.4 Å². The van der Waals surface area contributed by atoms with E-state index in [1.807, 2.05) is 25.1 Å². The highest BCUT2D eigenvalue weighted by molar-refractivity contribution is 6.46. The van der Waals surface area contributed by atoms with Crippen molar-refractivity contribution in [2.24, 2.45) is 0 Å². The molecule has 1 amide bonds. The fraction of sp³-hybridized carbons (Fsp3) is 0.391. The summed E-state index contributed by atoms with van der Waals surface area (Å²) in [7, 11) is 3.91. The molecule has 1 aromatic heterocycles. The van der Waals surface area contributed by atoms with Crippen LogP contribution in [-0.2, 0) is 16.0 Å². The van der Waals surface area contributed by atoms with Gasteiger partial charge in [-0.1, -0.05) is 0 Å². The monoisotopic (exact) mass is 410 g/mol. The number of aliphatic hydroxyl groups excluding tert-OH is 1. The maximum Gasteiger partial charge on any atom is 0.295 e. The van der Waals surface area contributed by atoms with Gasteiger partial charge in [0.15, 0.2) is 0 Å². The van der Waals surface area contributed by atoms with Crippen molar-refractivity contribution in [1.82, 2.24) is 9.80 Å². The number of nitrogens with zero attached hydrogens (tertiary/aromatic N) is 2. The minimum Gasteiger partial charge on any atom is -0.507 e. The molecule has 1 saturated heterocycles. The Bertz CT molecular complexity index is 977. The zero-order valence-corrected chi connectivity index (χ0v) is 17.3. The smallest absolute Gasteiger partial charge is 0.295 e. The number of hydrogen-bond acceptors (Lipinski definition) is 6. The molecule has 158 valence electrons. The minimum atomic E-state index is -0.741. The number of amides is 1. The van der Waals surface area contributed by atoms with Crippen molar-refractivity contribution in [3.8, 4) is 5.75 Å². The second-order valence-electron chi connectivity index (χ2n) is 7.94. The first kappa shape index (κ1) is 20.2. The molecule has 1 aromatic carbocycles. The van der Waals surface area contributed by atoms with E-state index in [1.54, 1.807) is 24.3 Å². The third-order valence-electron chi connectivity index (χ3n) is 5.54. The number of rotatable bonds is 6. The molecule has 3 heterocycles. The minimum absolute atomic E-state index is 0.0662. The Hall–Kier alpha value is -3.06. The summed E-state index contributed by atoms with van der Waals surface area (Å²) in [6.45, 7) is 1.84. The Morgan fingerprint density at radius 1 is 1.27 bits per heavy atom. The van der Waals surface area contributed by atoms with Gasteiger partial charge in [0.05, 0.1) is 18.4 Å². The van der Waals surface area contributed by atoms with Crippen molar-refractivity contribution >= 4 is 17.4 Å². The van der Waals surface area contributed by atoms with Crippen LogP contribution in [0.25, 0.3) is 5.76 Å². The standard InChI is InChI=1S/C23H26N2O5/c1-24(2)10-5-11-25-20(18-7-4-13-30-18)19(22(27)23(25)28)21(26)16-8-9-17-15(14-16)6-3-12-29-17/h4,7-9,13-14,20,26H,3,5-6,10-12H2,1-2H3/b21-19-. The number of benzene rings is 1. The number of aryl methyl sites for hydroxylation is 1. The second-order valence-corrected chi connectivity index (χ2v) is 7.94. The van der Waals surface area contributed by atoms with Crippen molar-refractivity contribution in [1.29, 1.82) is 0 Å². The number of hydrogen-bond donors (Lipinski definition) is 1. The van der Waals surface area contributed by atoms with Crippen molar-refractivity contribution in [2.45, 2.75) is 25.3 Å². The fourth-order valence-corrected chi connectivity index (χ4v) is 4.07. The summed E-state index contributed by atoms with van der Waals surface area (Å²) in [5.41, 5.74) is 1.55. The van der Waals surface area contributed by atoms with Gasteiger partial charge in [0, 0.05) is 12.1 Å². The summed E-state index contributed by atoms with van der Waals surface area (Å²) in [4.78, 5) is 29.3. The third kappa shape index (κ3) is 3.73. The number of aliphatic hydroxyl groups is 1. The van der Waals surface area contributed by atoms with Gasteiger partial charge in [-0.05, 0) is 75.8 Å². The predicted octanol–water partition coefficient (Wildman–Crippen LogP) is 2.98. The quantitative estimate of drug-likeness (QED) is 0.448. The van der Waals surface area contributed by atoms with E-state index >= 15 is 0 Å². The SMILES string of the molecule is CN(C)CCCN1C(=O)C(=O)/C(=C(\O)c2ccc3c(c2)CCCO3)C1c1ccco1. The van der Waals surface area contributed by atoms with Crippen molar-refractivity contribution in [2.75, 3.05) is 33.8 Å². The van der Waals surface area contributed by atoms with E-state index in [-0.39, 0.29) is 11.3 Å². The topological polar surface area (TPSA) is 83.2 Å². The molecule has 0 bridgehead atoms. The molecule has 1 atom stereocenters. The zero-order valence-electron chi connectivity index (χ0n) is 17.3. The molecule has 0 saturated carbocycles. The van der Waals surface area contributed by atoms with Crippen LogP contribution in [0, 0.1) is 0 Å². The Morgan fingerprint density at radius 2 is 2.10 bits per heavy atom. The summed E-state index contributed by atoms with van der Waals surface area (Å²) in [6, 6.07) is 8.06. The molecular weight excluding hydrogens is 384 g/mol. The van der Waals surface area contributed by atoms with E-state index in [1.165, 1.54) is 11.2 Å². The number of fused-ring (bicyclic) bond motifs is 1. The maximum atomic E-state index is 12.9. The molecule has 1 unspecified atom stereocenters. The van der Waals surface area contributed by atoms with Gasteiger partial charge in [-0.15, -0.1) is 0 Å². The average molecular weight is 410 g/mol. The summed E-state index contributed by atoms with van der Waals surface area (Å²) in [6.07, 6.45) is 3.95. The highest BCUT2D eigenvalue weighted by Crippen LogP contribution is 2.40. The fourth-order valence-electron chi connectivity index (χ4n) is 4.07. The number of likely N-dealkylation sites (tertiary alicyclic amines) is 1. The highest BCUT2D eigenvalue weighted by atomic mass is 16.5. The number of furan rings is 1. The molecule has 0 spiro atoms. The summed E-state index contributed by atoms with van der Waals surface area (Å²) < 4.78 is 11.2. The Kier molecular flexibility index (Phi) is 5.63. The molecule has 0 aliphatic carbocycles. The molecule has 30 heavy (non-hydrogen) atoms. The first-order valence-corrected chi connectivity index (χ1v) is 10.2. The predicted molar refractivity (Wildman–Crippen MR) is 111 cm³/mol. The molecule has 7 nitrogen and oxygen atoms in total. The average Bonchev–Trinajstić information content (AvgIpc) is 3.35. The number of carbonyl (C=O) groups excluding carboxylic acids is 2. The second kappa shape index (κ2) is 8.36. The van der Waals surface area contributed by atoms with Gasteiger partial charge in [0.2, 0.25) is 0 Å². The molecule has 1 fully saturated rings. The Labute approximate surface area is 175 Å². The molecule has 2 aromatic rings. The molecule has 4 rings (SSSR count). The van der Waals surface area contributed by atoms with E-state index in [9.17, 15) is 14.7 Å². The Morgan fingerprint density at radius 3 is 2.83 bits per heavy atom. The first-order chi connectivity index (χ1) is 14.5. The van der Waals surface area contributed by atoms with Crippen LogP contribution < -0.4 is 4.74 Å². The zero-order chi connectivity index (χ0) is 21.3. The van der Waals surface area contributed by atoms with Gasteiger partial charge in [-0.25, -0.2) is 0 Å². The van der Waals surface area contributed by atoms with Crippen LogP contribution >= 0.6 is 0 Å². The number of carbonyl (C=O) groups is 2. The van der Waals surface area contributed by atoms with Crippen LogP contribution in [0.15, 0.2) is 46.6 Å². The lowest BCUT2D eigenvalue weighted by Crippen LogP contribution is -2.32. The van der Waals surface area contributed by atoms with Gasteiger partial charge < -0.3 is 24.1 Å². The lowest BCUT2D eigenvalue weighted by molar-refractivity contribution is -0.140. The van der Waals surface area contributed by atoms with Crippen LogP contribution in [0.1, 0.15) is 35.8 Å². The number of ether oxygens (including phenoxy) is 1. The van der Waals surface area contributed by atoms with Crippen molar-refractivity contribution in [3.63, 3.8) is 0 Å². The molecule has 1 N–H and O–H groups in total. The lowest BCUT2D eigenvalue weighted by atomic mass is 9.96. The highest BCUT2D eigenvalue weighted by Gasteiger charge is 2.47. The molecular formula is C23H26N2O5. The van der Waals surface area contributed by atoms with Gasteiger partial charge in [0.1, 0.15) is 23.3 Å². The number of ketones is 1. The van der Waals surface area contributed by atoms with Crippen molar-refractivity contribution < 1.29 is 23.8 Å². The largest absolute Gasteiger partial charge is 0.507 e. The van der Waals surface area contributed by atoms with Gasteiger partial charge in [-0.3, -0.25) is 9.59 Å². The summed E-state index contributed by atoms with van der Waals surface area (Å²) >= 11 is 0. The van der Waals surface area contributed by atoms with Crippen molar-refractivity contribution in [3.05, 3.63) is 59.1 Å². The molecule has 0 radical (unpaired) electrons. The maximum absolute atomic E-state index is 12.9. The summed E-state index contributed by atoms with van der Waals surface area (Å²) in [5.74, 6) is -0.227. The van der Waals surface area contributed by atoms with Gasteiger partial charge in [-0.2, -0.15) is 0 Å². The van der Waals surface area contributed by atoms with Gasteiger partial charge >= 0.3 is 0 Å². The molecule has 2 aliphatic rings. The van der Waals surface area contributed by atoms with E-state index < -0.39 is 17.7 Å². The third-order valence-corrected chi connectivity index (χ3v) is 5.54. The van der Waals surface area contributed by atoms with Crippen LogP contribution in [0.2, 0.25) is 0 Å². The first-order valence-electron chi connectivity index (χ1n) is 10.2. The normalized spacial score (nSPS) is 20.5. The van der Waals surface area contributed by atoms with E-state index in [0.717, 1.165) is 30.7 Å². The van der Waals surface area contributed by atoms with Gasteiger partial charge in [0.25, 0.3) is 11.7 Å². The van der Waals surface area contributed by atoms with Crippen LogP contribution in [0.5, 0.6) is 5.75 Å². The number of Topliss-reactive ketones (excluding diaryl/α,β-unsaturated/α-hetero) is 1. The molecule has 2 aliphatic heterocycles. The van der Waals surface area contributed by atoms with Crippen LogP contribution in [0.4, 0.5) is 0 Å². The van der Waals surface area contributed by atoms with Crippen LogP contribution in [0.3, 0.4) is 0 Å².